The number of para-hydroxylation sites is 1. The van der Waals surface area contributed by atoms with Crippen molar-refractivity contribution in [2.75, 3.05) is 43.4 Å². The van der Waals surface area contributed by atoms with Gasteiger partial charge in [-0.1, -0.05) is 66.7 Å². The van der Waals surface area contributed by atoms with Crippen molar-refractivity contribution in [3.8, 4) is 16.9 Å². The molecule has 0 spiro atoms. The van der Waals surface area contributed by atoms with Gasteiger partial charge in [-0.3, -0.25) is 14.9 Å². The number of anilines is 2. The van der Waals surface area contributed by atoms with Crippen LogP contribution < -0.4 is 21.3 Å². The topological polar surface area (TPSA) is 152 Å². The number of hydrogen-bond donors (Lipinski definition) is 6. The highest BCUT2D eigenvalue weighted by molar-refractivity contribution is 5.94. The lowest BCUT2D eigenvalue weighted by Gasteiger charge is -2.31. The average molecular weight is 652 g/mol. The lowest BCUT2D eigenvalue weighted by molar-refractivity contribution is -0.105. The third kappa shape index (κ3) is 9.64. The van der Waals surface area contributed by atoms with Crippen LogP contribution in [0.1, 0.15) is 40.4 Å². The van der Waals surface area contributed by atoms with Gasteiger partial charge < -0.3 is 35.8 Å². The van der Waals surface area contributed by atoms with E-state index in [0.29, 0.717) is 42.9 Å². The van der Waals surface area contributed by atoms with Crippen molar-refractivity contribution in [2.24, 2.45) is 0 Å². The van der Waals surface area contributed by atoms with Crippen molar-refractivity contribution >= 4 is 29.8 Å². The monoisotopic (exact) mass is 651 g/mol. The molecular weight excluding hydrogens is 610 g/mol. The van der Waals surface area contributed by atoms with Crippen LogP contribution in [0.4, 0.5) is 16.2 Å². The molecule has 4 aromatic rings. The summed E-state index contributed by atoms with van der Waals surface area (Å²) in [4.78, 5) is 38.3. The molecule has 0 aromatic heterocycles. The number of hydrogen-bond acceptors (Lipinski definition) is 8. The Kier molecular flexibility index (Phi) is 12.1. The highest BCUT2D eigenvalue weighted by Gasteiger charge is 2.23. The number of aliphatic hydroxyl groups is 1. The minimum Gasteiger partial charge on any atom is -0.506 e. The summed E-state index contributed by atoms with van der Waals surface area (Å²) in [6.45, 7) is 3.49. The van der Waals surface area contributed by atoms with Gasteiger partial charge in [-0.15, -0.1) is 0 Å². The molecule has 3 amide bonds. The third-order valence-electron chi connectivity index (χ3n) is 8.27. The fourth-order valence-electron chi connectivity index (χ4n) is 5.62. The van der Waals surface area contributed by atoms with Crippen molar-refractivity contribution in [2.45, 2.75) is 31.6 Å². The third-order valence-corrected chi connectivity index (χ3v) is 8.27. The molecule has 11 heteroatoms. The van der Waals surface area contributed by atoms with Crippen LogP contribution in [0.3, 0.4) is 0 Å². The zero-order chi connectivity index (χ0) is 33.7. The number of benzene rings is 4. The summed E-state index contributed by atoms with van der Waals surface area (Å²) in [5, 5.41) is 31.7. The van der Waals surface area contributed by atoms with Gasteiger partial charge in [-0.25, -0.2) is 4.79 Å². The zero-order valence-corrected chi connectivity index (χ0v) is 26.6. The van der Waals surface area contributed by atoms with Crippen LogP contribution in [0.2, 0.25) is 0 Å². The molecule has 0 saturated carbocycles. The number of nitrogens with one attached hydrogen (secondary N) is 4. The van der Waals surface area contributed by atoms with Crippen LogP contribution in [0.15, 0.2) is 97.1 Å². The van der Waals surface area contributed by atoms with E-state index in [9.17, 15) is 24.6 Å². The number of phenolic OH excluding ortho intramolecular Hbond substituents is 1. The van der Waals surface area contributed by atoms with Crippen LogP contribution >= 0.6 is 0 Å². The molecule has 6 N–H and O–H groups in total. The first-order valence-electron chi connectivity index (χ1n) is 16.0. The molecule has 48 heavy (non-hydrogen) atoms. The lowest BCUT2D eigenvalue weighted by Crippen LogP contribution is -2.42. The van der Waals surface area contributed by atoms with Crippen molar-refractivity contribution < 1.29 is 29.3 Å². The van der Waals surface area contributed by atoms with Crippen LogP contribution in [-0.2, 0) is 16.1 Å². The Labute approximate surface area is 279 Å². The number of ether oxygens (including phenoxy) is 1. The van der Waals surface area contributed by atoms with Gasteiger partial charge in [0.15, 0.2) is 0 Å². The Bertz CT molecular complexity index is 1660. The Hall–Kier alpha value is -5.23. The first kappa shape index (κ1) is 34.1. The van der Waals surface area contributed by atoms with Crippen LogP contribution in [-0.4, -0.2) is 72.4 Å². The SMILES string of the molecule is O=CNc1cc([C@H](O)CNCc2ccc(C(=O)NCCN3CCC(OC(=O)Nc4ccccc4-c4ccccc4)CC3)cc2)ccc1O. The molecule has 1 saturated heterocycles. The molecule has 0 bridgehead atoms. The number of nitrogens with zero attached hydrogens (tertiary/aromatic N) is 1. The van der Waals surface area contributed by atoms with Crippen LogP contribution in [0, 0.1) is 0 Å². The maximum absolute atomic E-state index is 12.7. The highest BCUT2D eigenvalue weighted by Crippen LogP contribution is 2.28. The molecule has 1 atom stereocenters. The predicted octanol–water partition coefficient (Wildman–Crippen LogP) is 4.89. The van der Waals surface area contributed by atoms with E-state index in [1.165, 1.54) is 12.1 Å². The molecule has 1 fully saturated rings. The second-order valence-electron chi connectivity index (χ2n) is 11.6. The quantitative estimate of drug-likeness (QED) is 0.0833. The zero-order valence-electron chi connectivity index (χ0n) is 26.6. The fourth-order valence-corrected chi connectivity index (χ4v) is 5.62. The summed E-state index contributed by atoms with van der Waals surface area (Å²) in [6, 6.07) is 29.4. The number of aromatic hydroxyl groups is 1. The van der Waals surface area contributed by atoms with Crippen molar-refractivity contribution in [3.63, 3.8) is 0 Å². The van der Waals surface area contributed by atoms with Crippen LogP contribution in [0.25, 0.3) is 11.1 Å². The van der Waals surface area contributed by atoms with Gasteiger partial charge in [-0.05, 0) is 59.9 Å². The van der Waals surface area contributed by atoms with Crippen molar-refractivity contribution in [1.82, 2.24) is 15.5 Å². The molecule has 5 rings (SSSR count). The predicted molar refractivity (Wildman–Crippen MR) is 185 cm³/mol. The number of rotatable bonds is 14. The Morgan fingerprint density at radius 1 is 0.917 bits per heavy atom. The van der Waals surface area contributed by atoms with E-state index in [1.54, 1.807) is 18.2 Å². The summed E-state index contributed by atoms with van der Waals surface area (Å²) in [5.41, 5.74) is 4.96. The summed E-state index contributed by atoms with van der Waals surface area (Å²) in [6.07, 6.45) is 0.451. The largest absolute Gasteiger partial charge is 0.506 e. The summed E-state index contributed by atoms with van der Waals surface area (Å²) in [7, 11) is 0. The molecule has 0 radical (unpaired) electrons. The molecule has 1 aliphatic heterocycles. The molecule has 1 heterocycles. The van der Waals surface area contributed by atoms with E-state index in [1.807, 2.05) is 66.7 Å². The minimum atomic E-state index is -0.839. The molecule has 250 valence electrons. The van der Waals surface area contributed by atoms with Crippen LogP contribution in [0.5, 0.6) is 5.75 Å². The first-order chi connectivity index (χ1) is 23.4. The molecule has 11 nitrogen and oxygen atoms in total. The number of carbonyl (C=O) groups excluding carboxylic acids is 3. The van der Waals surface area contributed by atoms with Gasteiger partial charge >= 0.3 is 6.09 Å². The number of amides is 3. The van der Waals surface area contributed by atoms with Gasteiger partial charge in [0.25, 0.3) is 5.91 Å². The summed E-state index contributed by atoms with van der Waals surface area (Å²) < 4.78 is 5.73. The van der Waals surface area contributed by atoms with Crippen molar-refractivity contribution in [3.05, 3.63) is 114 Å². The van der Waals surface area contributed by atoms with E-state index >= 15 is 0 Å². The van der Waals surface area contributed by atoms with Gasteiger partial charge in [0.2, 0.25) is 6.41 Å². The number of piperidine rings is 1. The molecule has 0 aliphatic carbocycles. The van der Waals surface area contributed by atoms with Gasteiger partial charge in [0.1, 0.15) is 11.9 Å². The number of phenols is 1. The standard InChI is InChI=1S/C37H41N5O6/c43-25-40-33-22-29(14-15-34(33)44)35(45)24-38-23-26-10-12-28(13-11-26)36(46)39-18-21-42-19-16-30(17-20-42)48-37(47)41-32-9-5-4-8-31(32)27-6-2-1-3-7-27/h1-15,22,25,30,35,38,44-45H,16-21,23-24H2,(H,39,46)(H,40,43)(H,41,47)/t35-/m1/s1. The summed E-state index contributed by atoms with van der Waals surface area (Å²) >= 11 is 0. The van der Waals surface area contributed by atoms with E-state index in [-0.39, 0.29) is 30.0 Å². The Morgan fingerprint density at radius 3 is 2.40 bits per heavy atom. The summed E-state index contributed by atoms with van der Waals surface area (Å²) in [5.74, 6) is -0.229. The average Bonchev–Trinajstić information content (AvgIpc) is 3.11. The molecule has 1 aliphatic rings. The van der Waals surface area contributed by atoms with E-state index < -0.39 is 12.2 Å². The van der Waals surface area contributed by atoms with E-state index in [2.05, 4.69) is 26.2 Å². The number of likely N-dealkylation sites (tertiary alicyclic amines) is 1. The second kappa shape index (κ2) is 17.1. The Balaban J connectivity index is 0.976. The maximum atomic E-state index is 12.7. The van der Waals surface area contributed by atoms with E-state index in [0.717, 1.165) is 42.6 Å². The van der Waals surface area contributed by atoms with Gasteiger partial charge in [0, 0.05) is 50.4 Å². The highest BCUT2D eigenvalue weighted by atomic mass is 16.6. The molecule has 4 aromatic carbocycles. The van der Waals surface area contributed by atoms with E-state index in [4.69, 9.17) is 4.74 Å². The lowest BCUT2D eigenvalue weighted by atomic mass is 10.0. The maximum Gasteiger partial charge on any atom is 0.411 e. The first-order valence-corrected chi connectivity index (χ1v) is 16.0. The van der Waals surface area contributed by atoms with Crippen molar-refractivity contribution in [1.29, 1.82) is 0 Å². The number of aliphatic hydroxyl groups excluding tert-OH is 1. The smallest absolute Gasteiger partial charge is 0.411 e. The minimum absolute atomic E-state index is 0.0782. The normalized spacial score (nSPS) is 14.1. The number of carbonyl (C=O) groups is 3. The fraction of sp³-hybridized carbons (Fsp3) is 0.270. The Morgan fingerprint density at radius 2 is 1.65 bits per heavy atom. The molecule has 0 unspecified atom stereocenters. The van der Waals surface area contributed by atoms with Gasteiger partial charge in [-0.2, -0.15) is 0 Å². The second-order valence-corrected chi connectivity index (χ2v) is 11.6. The molecular formula is C37H41N5O6. The van der Waals surface area contributed by atoms with Gasteiger partial charge in [0.05, 0.1) is 17.5 Å².